The predicted octanol–water partition coefficient (Wildman–Crippen LogP) is 1.16. The highest BCUT2D eigenvalue weighted by molar-refractivity contribution is 5.83. The maximum Gasteiger partial charge on any atom is 0.225 e. The van der Waals surface area contributed by atoms with Crippen LogP contribution in [0.3, 0.4) is 0 Å². The van der Waals surface area contributed by atoms with Crippen LogP contribution in [0.2, 0.25) is 0 Å². The number of carbonyl (C=O) groups excluding carboxylic acids is 2. The molecule has 1 aliphatic heterocycles. The third kappa shape index (κ3) is 4.19. The van der Waals surface area contributed by atoms with Gasteiger partial charge in [-0.25, -0.2) is 0 Å². The van der Waals surface area contributed by atoms with Crippen LogP contribution >= 0.6 is 0 Å². The first-order chi connectivity index (χ1) is 9.81. The van der Waals surface area contributed by atoms with Crippen LogP contribution in [0.1, 0.15) is 46.5 Å². The SMILES string of the molecule is CC(C)C(C)(O)CNC(=O)C1CCCN(C(=O)C2CC2)C1. The number of amides is 2. The smallest absolute Gasteiger partial charge is 0.225 e. The summed E-state index contributed by atoms with van der Waals surface area (Å²) in [7, 11) is 0. The Hall–Kier alpha value is -1.10. The fraction of sp³-hybridized carbons (Fsp3) is 0.875. The van der Waals surface area contributed by atoms with E-state index in [0.29, 0.717) is 6.54 Å². The summed E-state index contributed by atoms with van der Waals surface area (Å²) in [6.45, 7) is 7.18. The molecule has 2 aliphatic rings. The van der Waals surface area contributed by atoms with Crippen LogP contribution in [0.25, 0.3) is 0 Å². The Morgan fingerprint density at radius 2 is 1.95 bits per heavy atom. The maximum atomic E-state index is 12.3. The standard InChI is InChI=1S/C16H28N2O3/c1-11(2)16(3,21)10-17-14(19)13-5-4-8-18(9-13)15(20)12-6-7-12/h11-13,21H,4-10H2,1-3H3,(H,17,19). The van der Waals surface area contributed by atoms with Gasteiger partial charge in [0.15, 0.2) is 0 Å². The number of nitrogens with zero attached hydrogens (tertiary/aromatic N) is 1. The molecule has 2 amide bonds. The molecule has 2 rings (SSSR count). The third-order valence-electron chi connectivity index (χ3n) is 4.89. The molecule has 5 heteroatoms. The Labute approximate surface area is 127 Å². The van der Waals surface area contributed by atoms with Crippen molar-refractivity contribution in [2.75, 3.05) is 19.6 Å². The number of aliphatic hydroxyl groups is 1. The lowest BCUT2D eigenvalue weighted by molar-refractivity contribution is -0.137. The largest absolute Gasteiger partial charge is 0.388 e. The monoisotopic (exact) mass is 296 g/mol. The summed E-state index contributed by atoms with van der Waals surface area (Å²) in [6, 6.07) is 0. The molecule has 1 aliphatic carbocycles. The molecule has 0 spiro atoms. The zero-order valence-corrected chi connectivity index (χ0v) is 13.4. The second kappa shape index (κ2) is 6.34. The van der Waals surface area contributed by atoms with Gasteiger partial charge in [-0.3, -0.25) is 9.59 Å². The third-order valence-corrected chi connectivity index (χ3v) is 4.89. The second-order valence-corrected chi connectivity index (χ2v) is 7.13. The van der Waals surface area contributed by atoms with Crippen LogP contribution in [0.15, 0.2) is 0 Å². The van der Waals surface area contributed by atoms with Gasteiger partial charge in [0.1, 0.15) is 0 Å². The van der Waals surface area contributed by atoms with Crippen LogP contribution in [-0.2, 0) is 9.59 Å². The van der Waals surface area contributed by atoms with Gasteiger partial charge >= 0.3 is 0 Å². The number of piperidine rings is 1. The summed E-state index contributed by atoms with van der Waals surface area (Å²) < 4.78 is 0. The van der Waals surface area contributed by atoms with Gasteiger partial charge in [-0.1, -0.05) is 13.8 Å². The second-order valence-electron chi connectivity index (χ2n) is 7.13. The first-order valence-corrected chi connectivity index (χ1v) is 8.10. The van der Waals surface area contributed by atoms with E-state index in [0.717, 1.165) is 32.2 Å². The molecule has 0 radical (unpaired) electrons. The number of carbonyl (C=O) groups is 2. The van der Waals surface area contributed by atoms with Crippen molar-refractivity contribution >= 4 is 11.8 Å². The van der Waals surface area contributed by atoms with Crippen molar-refractivity contribution in [3.05, 3.63) is 0 Å². The van der Waals surface area contributed by atoms with Gasteiger partial charge in [0.2, 0.25) is 11.8 Å². The molecule has 0 aromatic heterocycles. The van der Waals surface area contributed by atoms with Crippen molar-refractivity contribution < 1.29 is 14.7 Å². The molecule has 5 nitrogen and oxygen atoms in total. The average molecular weight is 296 g/mol. The highest BCUT2D eigenvalue weighted by atomic mass is 16.3. The molecule has 2 unspecified atom stereocenters. The molecule has 21 heavy (non-hydrogen) atoms. The number of likely N-dealkylation sites (tertiary alicyclic amines) is 1. The van der Waals surface area contributed by atoms with Crippen molar-refractivity contribution in [2.24, 2.45) is 17.8 Å². The summed E-state index contributed by atoms with van der Waals surface area (Å²) >= 11 is 0. The predicted molar refractivity (Wildman–Crippen MR) is 80.5 cm³/mol. The quantitative estimate of drug-likeness (QED) is 0.800. The average Bonchev–Trinajstić information content (AvgIpc) is 3.28. The fourth-order valence-corrected chi connectivity index (χ4v) is 2.59. The van der Waals surface area contributed by atoms with E-state index in [-0.39, 0.29) is 36.1 Å². The topological polar surface area (TPSA) is 69.6 Å². The van der Waals surface area contributed by atoms with Gasteiger partial charge < -0.3 is 15.3 Å². The van der Waals surface area contributed by atoms with E-state index >= 15 is 0 Å². The maximum absolute atomic E-state index is 12.3. The number of hydrogen-bond acceptors (Lipinski definition) is 3. The highest BCUT2D eigenvalue weighted by Gasteiger charge is 2.37. The normalized spacial score (nSPS) is 25.6. The fourth-order valence-electron chi connectivity index (χ4n) is 2.59. The minimum absolute atomic E-state index is 0.0378. The molecule has 1 saturated carbocycles. The Bertz CT molecular complexity index is 402. The molecule has 1 saturated heterocycles. The highest BCUT2D eigenvalue weighted by Crippen LogP contribution is 2.32. The van der Waals surface area contributed by atoms with Gasteiger partial charge in [-0.2, -0.15) is 0 Å². The van der Waals surface area contributed by atoms with Gasteiger partial charge in [0.05, 0.1) is 11.5 Å². The van der Waals surface area contributed by atoms with Crippen molar-refractivity contribution in [1.82, 2.24) is 10.2 Å². The van der Waals surface area contributed by atoms with Crippen molar-refractivity contribution in [1.29, 1.82) is 0 Å². The van der Waals surface area contributed by atoms with E-state index in [1.165, 1.54) is 0 Å². The van der Waals surface area contributed by atoms with Crippen LogP contribution in [-0.4, -0.2) is 47.1 Å². The zero-order valence-electron chi connectivity index (χ0n) is 13.4. The van der Waals surface area contributed by atoms with Crippen molar-refractivity contribution in [3.8, 4) is 0 Å². The lowest BCUT2D eigenvalue weighted by atomic mass is 9.91. The van der Waals surface area contributed by atoms with Crippen molar-refractivity contribution in [3.63, 3.8) is 0 Å². The molecule has 0 bridgehead atoms. The summed E-state index contributed by atoms with van der Waals surface area (Å²) in [6.07, 6.45) is 3.72. The van der Waals surface area contributed by atoms with Gasteiger partial charge in [0.25, 0.3) is 0 Å². The van der Waals surface area contributed by atoms with Gasteiger partial charge in [0, 0.05) is 25.6 Å². The van der Waals surface area contributed by atoms with Crippen molar-refractivity contribution in [2.45, 2.75) is 52.1 Å². The lowest BCUT2D eigenvalue weighted by Gasteiger charge is -2.33. The first-order valence-electron chi connectivity index (χ1n) is 8.10. The van der Waals surface area contributed by atoms with E-state index in [1.54, 1.807) is 6.92 Å². The van der Waals surface area contributed by atoms with E-state index in [4.69, 9.17) is 0 Å². The molecular formula is C16H28N2O3. The van der Waals surface area contributed by atoms with E-state index in [1.807, 2.05) is 18.7 Å². The molecular weight excluding hydrogens is 268 g/mol. The van der Waals surface area contributed by atoms with Gasteiger partial charge in [-0.15, -0.1) is 0 Å². The molecule has 1 heterocycles. The minimum atomic E-state index is -0.895. The molecule has 2 atom stereocenters. The first kappa shape index (κ1) is 16.3. The Kier molecular flexibility index (Phi) is 4.91. The van der Waals surface area contributed by atoms with Crippen LogP contribution in [0, 0.1) is 17.8 Å². The summed E-state index contributed by atoms with van der Waals surface area (Å²) in [5.41, 5.74) is -0.895. The molecule has 120 valence electrons. The number of hydrogen-bond donors (Lipinski definition) is 2. The van der Waals surface area contributed by atoms with E-state index < -0.39 is 5.60 Å². The molecule has 0 aromatic carbocycles. The lowest BCUT2D eigenvalue weighted by Crippen LogP contribution is -2.50. The Balaban J connectivity index is 1.83. The molecule has 0 aromatic rings. The molecule has 2 N–H and O–H groups in total. The van der Waals surface area contributed by atoms with E-state index in [9.17, 15) is 14.7 Å². The molecule has 2 fully saturated rings. The number of nitrogens with one attached hydrogen (secondary N) is 1. The summed E-state index contributed by atoms with van der Waals surface area (Å²) in [5.74, 6) is 0.348. The Morgan fingerprint density at radius 1 is 1.29 bits per heavy atom. The van der Waals surface area contributed by atoms with Crippen LogP contribution < -0.4 is 5.32 Å². The van der Waals surface area contributed by atoms with E-state index in [2.05, 4.69) is 5.32 Å². The van der Waals surface area contributed by atoms with Gasteiger partial charge in [-0.05, 0) is 38.5 Å². The number of rotatable bonds is 5. The van der Waals surface area contributed by atoms with Crippen LogP contribution in [0.4, 0.5) is 0 Å². The van der Waals surface area contributed by atoms with Crippen LogP contribution in [0.5, 0.6) is 0 Å². The summed E-state index contributed by atoms with van der Waals surface area (Å²) in [4.78, 5) is 26.2. The minimum Gasteiger partial charge on any atom is -0.388 e. The summed E-state index contributed by atoms with van der Waals surface area (Å²) in [5, 5.41) is 13.0. The zero-order chi connectivity index (χ0) is 15.6. The Morgan fingerprint density at radius 3 is 2.52 bits per heavy atom.